The third-order valence-corrected chi connectivity index (χ3v) is 1.16. The molecule has 0 rings (SSSR count). The lowest BCUT2D eigenvalue weighted by molar-refractivity contribution is 0.587. The number of rotatable bonds is 4. The molecule has 1 unspecified atom stereocenters. The van der Waals surface area contributed by atoms with Crippen LogP contribution in [0.4, 0.5) is 0 Å². The van der Waals surface area contributed by atoms with Crippen molar-refractivity contribution in [2.24, 2.45) is 5.73 Å². The fraction of sp³-hybridized carbons (Fsp3) is 0.833. The number of nitrogens with one attached hydrogen (secondary N) is 1. The summed E-state index contributed by atoms with van der Waals surface area (Å²) in [5.74, 6) is 0. The van der Waals surface area contributed by atoms with Crippen LogP contribution in [0.3, 0.4) is 0 Å². The lowest BCUT2D eigenvalue weighted by Crippen LogP contribution is -2.22. The van der Waals surface area contributed by atoms with E-state index in [1.165, 1.54) is 0 Å². The fourth-order valence-corrected chi connectivity index (χ4v) is 0.509. The minimum atomic E-state index is 0.374. The van der Waals surface area contributed by atoms with E-state index in [4.69, 9.17) is 5.73 Å². The van der Waals surface area contributed by atoms with Gasteiger partial charge in [0.1, 0.15) is 0 Å². The zero-order valence-corrected chi connectivity index (χ0v) is 5.48. The quantitative estimate of drug-likeness (QED) is 0.547. The normalized spacial score (nSPS) is 13.9. The molecule has 0 aromatic heterocycles. The Morgan fingerprint density at radius 2 is 2.38 bits per heavy atom. The maximum atomic E-state index is 5.28. The van der Waals surface area contributed by atoms with Crippen LogP contribution >= 0.6 is 0 Å². The zero-order valence-electron chi connectivity index (χ0n) is 5.48. The molecule has 1 radical (unpaired) electrons. The Kier molecular flexibility index (Phi) is 5.01. The molecule has 49 valence electrons. The second-order valence-electron chi connectivity index (χ2n) is 1.92. The summed E-state index contributed by atoms with van der Waals surface area (Å²) in [6.07, 6.45) is 2.14. The van der Waals surface area contributed by atoms with E-state index >= 15 is 0 Å². The van der Waals surface area contributed by atoms with Gasteiger partial charge in [-0.1, -0.05) is 0 Å². The van der Waals surface area contributed by atoms with Crippen molar-refractivity contribution in [3.63, 3.8) is 0 Å². The second-order valence-corrected chi connectivity index (χ2v) is 1.92. The van der Waals surface area contributed by atoms with E-state index < -0.39 is 0 Å². The van der Waals surface area contributed by atoms with E-state index in [2.05, 4.69) is 12.2 Å². The topological polar surface area (TPSA) is 38.0 Å². The minimum Gasteiger partial charge on any atom is -0.330 e. The van der Waals surface area contributed by atoms with Crippen LogP contribution in [0.1, 0.15) is 12.8 Å². The van der Waals surface area contributed by atoms with Crippen molar-refractivity contribution >= 4 is 0 Å². The van der Waals surface area contributed by atoms with Crippen LogP contribution in [0.25, 0.3) is 0 Å². The Morgan fingerprint density at radius 3 is 2.75 bits per heavy atom. The van der Waals surface area contributed by atoms with E-state index in [0.29, 0.717) is 6.04 Å². The molecule has 8 heavy (non-hydrogen) atoms. The van der Waals surface area contributed by atoms with Gasteiger partial charge in [-0.15, -0.1) is 0 Å². The van der Waals surface area contributed by atoms with Gasteiger partial charge in [-0.25, -0.2) is 0 Å². The smallest absolute Gasteiger partial charge is 0.00651 e. The second kappa shape index (κ2) is 5.06. The third-order valence-electron chi connectivity index (χ3n) is 1.16. The van der Waals surface area contributed by atoms with Crippen LogP contribution in [-0.4, -0.2) is 19.6 Å². The SMILES string of the molecule is [CH2]C(CCCN)NC. The molecule has 0 fully saturated rings. The molecule has 0 spiro atoms. The molecule has 3 N–H and O–H groups in total. The van der Waals surface area contributed by atoms with Crippen LogP contribution in [0.15, 0.2) is 0 Å². The standard InChI is InChI=1S/C6H15N2/c1-6(8-2)4-3-5-7/h6,8H,1,3-5,7H2,2H3. The van der Waals surface area contributed by atoms with E-state index in [9.17, 15) is 0 Å². The first-order chi connectivity index (χ1) is 3.81. The van der Waals surface area contributed by atoms with Crippen molar-refractivity contribution in [2.45, 2.75) is 18.9 Å². The monoisotopic (exact) mass is 115 g/mol. The molecular weight excluding hydrogens is 100 g/mol. The highest BCUT2D eigenvalue weighted by Crippen LogP contribution is 1.91. The summed E-state index contributed by atoms with van der Waals surface area (Å²) in [6.45, 7) is 4.60. The molecule has 0 bridgehead atoms. The summed E-state index contributed by atoms with van der Waals surface area (Å²) in [7, 11) is 1.91. The Hall–Kier alpha value is -0.0800. The van der Waals surface area contributed by atoms with Gasteiger partial charge in [0.2, 0.25) is 0 Å². The highest BCUT2D eigenvalue weighted by molar-refractivity contribution is 4.65. The van der Waals surface area contributed by atoms with Gasteiger partial charge in [0.25, 0.3) is 0 Å². The average Bonchev–Trinajstić information content (AvgIpc) is 1.83. The van der Waals surface area contributed by atoms with Gasteiger partial charge in [-0.3, -0.25) is 0 Å². The molecule has 0 aliphatic rings. The molecule has 0 saturated carbocycles. The highest BCUT2D eigenvalue weighted by Gasteiger charge is 1.93. The van der Waals surface area contributed by atoms with Crippen molar-refractivity contribution in [3.8, 4) is 0 Å². The van der Waals surface area contributed by atoms with Gasteiger partial charge in [0.05, 0.1) is 0 Å². The molecule has 1 atom stereocenters. The molecule has 2 heteroatoms. The van der Waals surface area contributed by atoms with Crippen LogP contribution in [0.2, 0.25) is 0 Å². The Morgan fingerprint density at radius 1 is 1.75 bits per heavy atom. The Balaban J connectivity index is 2.86. The molecular formula is C6H15N2. The first-order valence-corrected chi connectivity index (χ1v) is 3.01. The summed E-state index contributed by atoms with van der Waals surface area (Å²) in [6, 6.07) is 0.374. The van der Waals surface area contributed by atoms with Crippen LogP contribution in [0, 0.1) is 6.92 Å². The Labute approximate surface area is 51.5 Å². The van der Waals surface area contributed by atoms with Gasteiger partial charge in [0.15, 0.2) is 0 Å². The van der Waals surface area contributed by atoms with Gasteiger partial charge in [0, 0.05) is 6.04 Å². The van der Waals surface area contributed by atoms with Crippen LogP contribution < -0.4 is 11.1 Å². The van der Waals surface area contributed by atoms with Crippen molar-refractivity contribution in [3.05, 3.63) is 6.92 Å². The highest BCUT2D eigenvalue weighted by atomic mass is 14.8. The number of hydrogen-bond acceptors (Lipinski definition) is 2. The molecule has 0 amide bonds. The van der Waals surface area contributed by atoms with Gasteiger partial charge in [-0.2, -0.15) is 0 Å². The molecule has 0 saturated heterocycles. The molecule has 2 nitrogen and oxygen atoms in total. The summed E-state index contributed by atoms with van der Waals surface area (Å²) in [5.41, 5.74) is 5.28. The van der Waals surface area contributed by atoms with E-state index in [1.54, 1.807) is 0 Å². The maximum Gasteiger partial charge on any atom is 0.00651 e. The van der Waals surface area contributed by atoms with Crippen molar-refractivity contribution in [1.29, 1.82) is 0 Å². The van der Waals surface area contributed by atoms with Crippen LogP contribution in [0.5, 0.6) is 0 Å². The molecule has 0 aromatic rings. The van der Waals surface area contributed by atoms with E-state index in [1.807, 2.05) is 7.05 Å². The van der Waals surface area contributed by atoms with Gasteiger partial charge < -0.3 is 11.1 Å². The maximum absolute atomic E-state index is 5.28. The summed E-state index contributed by atoms with van der Waals surface area (Å²) in [5, 5.41) is 3.03. The minimum absolute atomic E-state index is 0.374. The van der Waals surface area contributed by atoms with Gasteiger partial charge in [-0.05, 0) is 33.4 Å². The van der Waals surface area contributed by atoms with Gasteiger partial charge >= 0.3 is 0 Å². The summed E-state index contributed by atoms with van der Waals surface area (Å²) < 4.78 is 0. The number of hydrogen-bond donors (Lipinski definition) is 2. The fourth-order valence-electron chi connectivity index (χ4n) is 0.509. The first kappa shape index (κ1) is 7.92. The molecule has 0 aromatic carbocycles. The van der Waals surface area contributed by atoms with E-state index in [-0.39, 0.29) is 0 Å². The molecule has 0 aliphatic heterocycles. The summed E-state index contributed by atoms with van der Waals surface area (Å²) >= 11 is 0. The summed E-state index contributed by atoms with van der Waals surface area (Å²) in [4.78, 5) is 0. The third kappa shape index (κ3) is 4.09. The lowest BCUT2D eigenvalue weighted by atomic mass is 10.2. The van der Waals surface area contributed by atoms with E-state index in [0.717, 1.165) is 19.4 Å². The van der Waals surface area contributed by atoms with Crippen molar-refractivity contribution in [2.75, 3.05) is 13.6 Å². The Bertz CT molecular complexity index is 45.8. The largest absolute Gasteiger partial charge is 0.330 e. The van der Waals surface area contributed by atoms with Crippen molar-refractivity contribution < 1.29 is 0 Å². The molecule has 0 aliphatic carbocycles. The van der Waals surface area contributed by atoms with Crippen LogP contribution in [-0.2, 0) is 0 Å². The lowest BCUT2D eigenvalue weighted by Gasteiger charge is -2.06. The van der Waals surface area contributed by atoms with Crippen molar-refractivity contribution in [1.82, 2.24) is 5.32 Å². The molecule has 0 heterocycles. The predicted molar refractivity (Wildman–Crippen MR) is 36.5 cm³/mol. The average molecular weight is 115 g/mol. The zero-order chi connectivity index (χ0) is 6.41. The first-order valence-electron chi connectivity index (χ1n) is 3.01. The predicted octanol–water partition coefficient (Wildman–Crippen LogP) is 0.147. The number of nitrogens with two attached hydrogens (primary N) is 1.